The van der Waals surface area contributed by atoms with Gasteiger partial charge in [-0.3, -0.25) is 4.72 Å². The zero-order valence-corrected chi connectivity index (χ0v) is 16.2. The Balaban J connectivity index is 1.91. The molecular formula is C19H22F3N3O2S. The quantitative estimate of drug-likeness (QED) is 0.813. The Morgan fingerprint density at radius 1 is 0.964 bits per heavy atom. The van der Waals surface area contributed by atoms with Crippen LogP contribution in [-0.2, 0) is 16.2 Å². The third kappa shape index (κ3) is 4.41. The van der Waals surface area contributed by atoms with Crippen molar-refractivity contribution in [3.63, 3.8) is 0 Å². The average Bonchev–Trinajstić information content (AvgIpc) is 2.68. The van der Waals surface area contributed by atoms with Crippen LogP contribution in [0.4, 0.5) is 24.5 Å². The number of benzene rings is 2. The third-order valence-electron chi connectivity index (χ3n) is 4.79. The van der Waals surface area contributed by atoms with Gasteiger partial charge in [-0.05, 0) is 30.8 Å². The van der Waals surface area contributed by atoms with Crippen LogP contribution in [0.5, 0.6) is 0 Å². The molecule has 0 spiro atoms. The summed E-state index contributed by atoms with van der Waals surface area (Å²) in [5.41, 5.74) is -0.257. The van der Waals surface area contributed by atoms with Crippen molar-refractivity contribution in [1.82, 2.24) is 4.90 Å². The number of nitrogens with one attached hydrogen (secondary N) is 1. The van der Waals surface area contributed by atoms with Gasteiger partial charge in [0.15, 0.2) is 0 Å². The summed E-state index contributed by atoms with van der Waals surface area (Å²) >= 11 is 0. The molecule has 3 rings (SSSR count). The molecule has 1 N–H and O–H groups in total. The van der Waals surface area contributed by atoms with Crippen LogP contribution in [0.3, 0.4) is 0 Å². The maximum absolute atomic E-state index is 13.3. The van der Waals surface area contributed by atoms with E-state index in [9.17, 15) is 21.6 Å². The van der Waals surface area contributed by atoms with Crippen molar-refractivity contribution in [2.45, 2.75) is 18.0 Å². The molecule has 0 saturated carbocycles. The summed E-state index contributed by atoms with van der Waals surface area (Å²) in [6.45, 7) is 6.13. The van der Waals surface area contributed by atoms with Crippen molar-refractivity contribution >= 4 is 21.4 Å². The number of nitrogens with zero attached hydrogens (tertiary/aromatic N) is 2. The summed E-state index contributed by atoms with van der Waals surface area (Å²) in [4.78, 5) is 3.54. The molecule has 0 aromatic heterocycles. The predicted octanol–water partition coefficient (Wildman–Crippen LogP) is 3.65. The minimum atomic E-state index is -4.76. The van der Waals surface area contributed by atoms with Gasteiger partial charge in [0.2, 0.25) is 0 Å². The fraction of sp³-hybridized carbons (Fsp3) is 0.368. The van der Waals surface area contributed by atoms with E-state index in [0.29, 0.717) is 18.8 Å². The standard InChI is InChI=1S/C19H22F3N3O2S/c1-2-24-11-13-25(14-12-24)17-9-5-4-8-16(17)23-28(26,27)18-10-6-3-7-15(18)19(20,21)22/h3-10,23H,2,11-14H2,1H3. The largest absolute Gasteiger partial charge is 0.417 e. The molecule has 0 amide bonds. The van der Waals surface area contributed by atoms with Crippen molar-refractivity contribution in [3.05, 3.63) is 54.1 Å². The molecule has 0 bridgehead atoms. The summed E-state index contributed by atoms with van der Waals surface area (Å²) in [5.74, 6) is 0. The predicted molar refractivity (Wildman–Crippen MR) is 103 cm³/mol. The van der Waals surface area contributed by atoms with Gasteiger partial charge in [-0.15, -0.1) is 0 Å². The number of hydrogen-bond donors (Lipinski definition) is 1. The lowest BCUT2D eigenvalue weighted by atomic mass is 10.2. The SMILES string of the molecule is CCN1CCN(c2ccccc2NS(=O)(=O)c2ccccc2C(F)(F)F)CC1. The number of para-hydroxylation sites is 2. The van der Waals surface area contributed by atoms with E-state index in [1.807, 2.05) is 4.90 Å². The van der Waals surface area contributed by atoms with Gasteiger partial charge in [0.05, 0.1) is 21.8 Å². The van der Waals surface area contributed by atoms with E-state index in [1.165, 1.54) is 12.1 Å². The Kier molecular flexibility index (Phi) is 5.85. The Labute approximate surface area is 162 Å². The maximum atomic E-state index is 13.3. The van der Waals surface area contributed by atoms with E-state index in [2.05, 4.69) is 16.5 Å². The molecule has 1 fully saturated rings. The number of rotatable bonds is 5. The van der Waals surface area contributed by atoms with Gasteiger partial charge in [-0.2, -0.15) is 13.2 Å². The molecule has 1 aliphatic rings. The highest BCUT2D eigenvalue weighted by Crippen LogP contribution is 2.35. The topological polar surface area (TPSA) is 52.6 Å². The highest BCUT2D eigenvalue weighted by atomic mass is 32.2. The number of piperazine rings is 1. The minimum Gasteiger partial charge on any atom is -0.367 e. The summed E-state index contributed by atoms with van der Waals surface area (Å²) in [5, 5.41) is 0. The van der Waals surface area contributed by atoms with Gasteiger partial charge in [0, 0.05) is 26.2 Å². The number of halogens is 3. The van der Waals surface area contributed by atoms with Crippen LogP contribution in [0.15, 0.2) is 53.4 Å². The molecule has 28 heavy (non-hydrogen) atoms. The van der Waals surface area contributed by atoms with E-state index in [1.54, 1.807) is 24.3 Å². The smallest absolute Gasteiger partial charge is 0.367 e. The van der Waals surface area contributed by atoms with Crippen molar-refractivity contribution < 1.29 is 21.6 Å². The zero-order valence-electron chi connectivity index (χ0n) is 15.4. The first-order valence-corrected chi connectivity index (χ1v) is 10.5. The lowest BCUT2D eigenvalue weighted by Crippen LogP contribution is -2.46. The highest BCUT2D eigenvalue weighted by molar-refractivity contribution is 7.92. The Morgan fingerprint density at radius 2 is 1.57 bits per heavy atom. The first-order valence-electron chi connectivity index (χ1n) is 8.98. The number of hydrogen-bond acceptors (Lipinski definition) is 4. The minimum absolute atomic E-state index is 0.268. The normalized spacial score (nSPS) is 16.2. The van der Waals surface area contributed by atoms with Crippen molar-refractivity contribution in [1.29, 1.82) is 0 Å². The van der Waals surface area contributed by atoms with Gasteiger partial charge in [0.1, 0.15) is 0 Å². The van der Waals surface area contributed by atoms with Crippen LogP contribution in [0, 0.1) is 0 Å². The Bertz CT molecular complexity index is 924. The van der Waals surface area contributed by atoms with Gasteiger partial charge in [-0.1, -0.05) is 31.2 Å². The van der Waals surface area contributed by atoms with Crippen molar-refractivity contribution in [2.75, 3.05) is 42.3 Å². The first-order chi connectivity index (χ1) is 13.2. The van der Waals surface area contributed by atoms with Crippen LogP contribution in [0.25, 0.3) is 0 Å². The van der Waals surface area contributed by atoms with E-state index in [0.717, 1.165) is 31.8 Å². The lowest BCUT2D eigenvalue weighted by Gasteiger charge is -2.36. The molecule has 0 atom stereocenters. The first kappa shape index (κ1) is 20.5. The molecule has 2 aromatic rings. The second-order valence-electron chi connectivity index (χ2n) is 6.54. The fourth-order valence-electron chi connectivity index (χ4n) is 3.28. The molecule has 1 saturated heterocycles. The molecule has 9 heteroatoms. The second-order valence-corrected chi connectivity index (χ2v) is 8.19. The van der Waals surface area contributed by atoms with Gasteiger partial charge < -0.3 is 9.80 Å². The van der Waals surface area contributed by atoms with Gasteiger partial charge in [0.25, 0.3) is 10.0 Å². The van der Waals surface area contributed by atoms with E-state index < -0.39 is 26.7 Å². The van der Waals surface area contributed by atoms with Gasteiger partial charge >= 0.3 is 6.18 Å². The molecule has 0 unspecified atom stereocenters. The van der Waals surface area contributed by atoms with E-state index in [4.69, 9.17) is 0 Å². The molecule has 0 radical (unpaired) electrons. The van der Waals surface area contributed by atoms with Crippen molar-refractivity contribution in [2.24, 2.45) is 0 Å². The molecule has 1 heterocycles. The van der Waals surface area contributed by atoms with Crippen molar-refractivity contribution in [3.8, 4) is 0 Å². The third-order valence-corrected chi connectivity index (χ3v) is 6.21. The molecule has 2 aromatic carbocycles. The lowest BCUT2D eigenvalue weighted by molar-refractivity contribution is -0.139. The number of likely N-dealkylation sites (N-methyl/N-ethyl adjacent to an activating group) is 1. The molecule has 1 aliphatic heterocycles. The molecule has 0 aliphatic carbocycles. The number of anilines is 2. The Morgan fingerprint density at radius 3 is 2.21 bits per heavy atom. The van der Waals surface area contributed by atoms with Crippen LogP contribution < -0.4 is 9.62 Å². The Hall–Kier alpha value is -2.26. The zero-order chi connectivity index (χ0) is 20.4. The summed E-state index contributed by atoms with van der Waals surface area (Å²) in [6.07, 6.45) is -4.76. The maximum Gasteiger partial charge on any atom is 0.417 e. The molecular weight excluding hydrogens is 391 g/mol. The summed E-state index contributed by atoms with van der Waals surface area (Å²) in [7, 11) is -4.41. The van der Waals surface area contributed by atoms with Crippen LogP contribution in [-0.4, -0.2) is 46.0 Å². The molecule has 5 nitrogen and oxygen atoms in total. The van der Waals surface area contributed by atoms with Crippen LogP contribution >= 0.6 is 0 Å². The molecule has 152 valence electrons. The average molecular weight is 413 g/mol. The fourth-order valence-corrected chi connectivity index (χ4v) is 4.58. The second kappa shape index (κ2) is 8.00. The summed E-state index contributed by atoms with van der Waals surface area (Å²) in [6, 6.07) is 11.0. The monoisotopic (exact) mass is 413 g/mol. The van der Waals surface area contributed by atoms with E-state index in [-0.39, 0.29) is 5.69 Å². The van der Waals surface area contributed by atoms with Gasteiger partial charge in [-0.25, -0.2) is 8.42 Å². The number of alkyl halides is 3. The number of sulfonamides is 1. The summed E-state index contributed by atoms with van der Waals surface area (Å²) < 4.78 is 67.6. The van der Waals surface area contributed by atoms with E-state index >= 15 is 0 Å². The van der Waals surface area contributed by atoms with Crippen LogP contribution in [0.1, 0.15) is 12.5 Å². The highest BCUT2D eigenvalue weighted by Gasteiger charge is 2.37. The van der Waals surface area contributed by atoms with Crippen LogP contribution in [0.2, 0.25) is 0 Å².